The van der Waals surface area contributed by atoms with Crippen molar-refractivity contribution in [3.63, 3.8) is 0 Å². The highest BCUT2D eigenvalue weighted by molar-refractivity contribution is 5.02. The van der Waals surface area contributed by atoms with Gasteiger partial charge in [0.25, 0.3) is 0 Å². The lowest BCUT2D eigenvalue weighted by atomic mass is 10.1. The first kappa shape index (κ1) is 10.7. The normalized spacial score (nSPS) is 13.0. The first-order valence-electron chi connectivity index (χ1n) is 4.63. The fraction of sp³-hybridized carbons (Fsp3) is 0.800. The van der Waals surface area contributed by atoms with Crippen molar-refractivity contribution in [2.24, 2.45) is 0 Å². The Morgan fingerprint density at radius 1 is 1.45 bits per heavy atom. The molecule has 0 fully saturated rings. The van der Waals surface area contributed by atoms with Crippen LogP contribution in [0.2, 0.25) is 0 Å². The van der Waals surface area contributed by atoms with Crippen LogP contribution >= 0.6 is 0 Å². The molecule has 0 aromatic heterocycles. The molecule has 1 N–H and O–H groups in total. The fourth-order valence-corrected chi connectivity index (χ4v) is 0.946. The molecule has 0 radical (unpaired) electrons. The molecule has 1 atom stereocenters. The van der Waals surface area contributed by atoms with E-state index < -0.39 is 0 Å². The molecule has 0 heterocycles. The molecular formula is C10H21N. The average molecular weight is 155 g/mol. The second-order valence-electron chi connectivity index (χ2n) is 3.04. The van der Waals surface area contributed by atoms with Crippen molar-refractivity contribution < 1.29 is 0 Å². The number of rotatable bonds is 6. The molecule has 1 unspecified atom stereocenters. The van der Waals surface area contributed by atoms with Gasteiger partial charge in [-0.2, -0.15) is 0 Å². The molecule has 1 heteroatoms. The Balaban J connectivity index is 3.36. The zero-order chi connectivity index (χ0) is 8.69. The van der Waals surface area contributed by atoms with Crippen LogP contribution in [0.3, 0.4) is 0 Å². The monoisotopic (exact) mass is 155 g/mol. The van der Waals surface area contributed by atoms with Gasteiger partial charge in [-0.05, 0) is 26.3 Å². The summed E-state index contributed by atoms with van der Waals surface area (Å²) in [6.45, 7) is 11.7. The summed E-state index contributed by atoms with van der Waals surface area (Å²) in [6, 6.07) is 0.492. The van der Waals surface area contributed by atoms with E-state index in [1.165, 1.54) is 18.4 Å². The van der Waals surface area contributed by atoms with Crippen LogP contribution in [0.1, 0.15) is 40.0 Å². The highest BCUT2D eigenvalue weighted by Crippen LogP contribution is 2.02. The highest BCUT2D eigenvalue weighted by atomic mass is 14.9. The van der Waals surface area contributed by atoms with Gasteiger partial charge < -0.3 is 5.32 Å². The minimum atomic E-state index is 0.492. The highest BCUT2D eigenvalue weighted by Gasteiger charge is 2.01. The van der Waals surface area contributed by atoms with Crippen molar-refractivity contribution in [1.82, 2.24) is 5.32 Å². The van der Waals surface area contributed by atoms with E-state index in [0.29, 0.717) is 6.04 Å². The number of unbranched alkanes of at least 4 members (excludes halogenated alkanes) is 1. The molecule has 0 aliphatic rings. The van der Waals surface area contributed by atoms with Gasteiger partial charge in [-0.3, -0.25) is 0 Å². The summed E-state index contributed by atoms with van der Waals surface area (Å²) in [5, 5.41) is 3.43. The molecule has 0 bridgehead atoms. The lowest BCUT2D eigenvalue weighted by Crippen LogP contribution is -2.28. The molecule has 0 aliphatic carbocycles. The van der Waals surface area contributed by atoms with E-state index in [2.05, 4.69) is 32.7 Å². The molecule has 1 nitrogen and oxygen atoms in total. The minimum absolute atomic E-state index is 0.492. The van der Waals surface area contributed by atoms with Crippen molar-refractivity contribution in [1.29, 1.82) is 0 Å². The molecular weight excluding hydrogens is 134 g/mol. The van der Waals surface area contributed by atoms with E-state index in [9.17, 15) is 0 Å². The first-order valence-corrected chi connectivity index (χ1v) is 4.63. The number of hydrogen-bond donors (Lipinski definition) is 1. The van der Waals surface area contributed by atoms with Crippen molar-refractivity contribution in [3.8, 4) is 0 Å². The summed E-state index contributed by atoms with van der Waals surface area (Å²) < 4.78 is 0. The van der Waals surface area contributed by atoms with E-state index >= 15 is 0 Å². The van der Waals surface area contributed by atoms with Crippen LogP contribution in [0.15, 0.2) is 12.2 Å². The molecule has 0 aromatic rings. The van der Waals surface area contributed by atoms with Gasteiger partial charge in [-0.25, -0.2) is 0 Å². The topological polar surface area (TPSA) is 12.0 Å². The Kier molecular flexibility index (Phi) is 6.24. The van der Waals surface area contributed by atoms with Gasteiger partial charge in [0.05, 0.1) is 0 Å². The van der Waals surface area contributed by atoms with Gasteiger partial charge in [0, 0.05) is 6.04 Å². The minimum Gasteiger partial charge on any atom is -0.311 e. The molecule has 0 aliphatic heterocycles. The summed E-state index contributed by atoms with van der Waals surface area (Å²) in [5.41, 5.74) is 1.31. The second kappa shape index (κ2) is 6.41. The van der Waals surface area contributed by atoms with Crippen LogP contribution in [0.4, 0.5) is 0 Å². The number of hydrogen-bond acceptors (Lipinski definition) is 1. The third-order valence-corrected chi connectivity index (χ3v) is 2.05. The Labute approximate surface area is 70.9 Å². The molecule has 0 saturated carbocycles. The smallest absolute Gasteiger partial charge is 0.0248 e. The molecule has 0 spiro atoms. The van der Waals surface area contributed by atoms with Gasteiger partial charge in [0.1, 0.15) is 0 Å². The van der Waals surface area contributed by atoms with E-state index in [0.717, 1.165) is 13.0 Å². The maximum absolute atomic E-state index is 3.99. The van der Waals surface area contributed by atoms with E-state index in [1.54, 1.807) is 0 Å². The van der Waals surface area contributed by atoms with Crippen LogP contribution < -0.4 is 5.32 Å². The molecule has 0 aromatic carbocycles. The average Bonchev–Trinajstić information content (AvgIpc) is 2.03. The van der Waals surface area contributed by atoms with Crippen molar-refractivity contribution >= 4 is 0 Å². The zero-order valence-corrected chi connectivity index (χ0v) is 8.11. The SMILES string of the molecule is C=C(CC)C(C)NCCCC. The van der Waals surface area contributed by atoms with Gasteiger partial charge in [0.2, 0.25) is 0 Å². The Hall–Kier alpha value is -0.300. The van der Waals surface area contributed by atoms with Crippen LogP contribution in [0.5, 0.6) is 0 Å². The lowest BCUT2D eigenvalue weighted by molar-refractivity contribution is 0.574. The van der Waals surface area contributed by atoms with Crippen molar-refractivity contribution in [2.75, 3.05) is 6.54 Å². The Bertz CT molecular complexity index is 107. The van der Waals surface area contributed by atoms with Gasteiger partial charge in [0.15, 0.2) is 0 Å². The van der Waals surface area contributed by atoms with Crippen LogP contribution in [0.25, 0.3) is 0 Å². The van der Waals surface area contributed by atoms with E-state index in [1.807, 2.05) is 0 Å². The predicted octanol–water partition coefficient (Wildman–Crippen LogP) is 2.73. The standard InChI is InChI=1S/C10H21N/c1-5-7-8-11-10(4)9(3)6-2/h10-11H,3,5-8H2,1-2,4H3. The van der Waals surface area contributed by atoms with Gasteiger partial charge in [-0.15, -0.1) is 0 Å². The molecule has 0 amide bonds. The van der Waals surface area contributed by atoms with Crippen LogP contribution in [0, 0.1) is 0 Å². The third-order valence-electron chi connectivity index (χ3n) is 2.05. The Morgan fingerprint density at radius 3 is 2.55 bits per heavy atom. The van der Waals surface area contributed by atoms with Crippen LogP contribution in [-0.2, 0) is 0 Å². The van der Waals surface area contributed by atoms with E-state index in [4.69, 9.17) is 0 Å². The molecule has 66 valence electrons. The maximum atomic E-state index is 3.99. The summed E-state index contributed by atoms with van der Waals surface area (Å²) >= 11 is 0. The summed E-state index contributed by atoms with van der Waals surface area (Å²) in [6.07, 6.45) is 3.61. The van der Waals surface area contributed by atoms with Crippen molar-refractivity contribution in [2.45, 2.75) is 46.1 Å². The second-order valence-corrected chi connectivity index (χ2v) is 3.04. The van der Waals surface area contributed by atoms with Crippen LogP contribution in [-0.4, -0.2) is 12.6 Å². The fourth-order valence-electron chi connectivity index (χ4n) is 0.946. The maximum Gasteiger partial charge on any atom is 0.0248 e. The third kappa shape index (κ3) is 5.02. The molecule has 0 saturated heterocycles. The van der Waals surface area contributed by atoms with E-state index in [-0.39, 0.29) is 0 Å². The summed E-state index contributed by atoms with van der Waals surface area (Å²) in [7, 11) is 0. The van der Waals surface area contributed by atoms with Gasteiger partial charge in [-0.1, -0.05) is 32.4 Å². The predicted molar refractivity (Wildman–Crippen MR) is 51.8 cm³/mol. The molecule has 0 rings (SSSR count). The quantitative estimate of drug-likeness (QED) is 0.459. The summed E-state index contributed by atoms with van der Waals surface area (Å²) in [5.74, 6) is 0. The summed E-state index contributed by atoms with van der Waals surface area (Å²) in [4.78, 5) is 0. The zero-order valence-electron chi connectivity index (χ0n) is 8.11. The Morgan fingerprint density at radius 2 is 2.09 bits per heavy atom. The van der Waals surface area contributed by atoms with Gasteiger partial charge >= 0.3 is 0 Å². The molecule has 11 heavy (non-hydrogen) atoms. The first-order chi connectivity index (χ1) is 5.22. The van der Waals surface area contributed by atoms with Crippen molar-refractivity contribution in [3.05, 3.63) is 12.2 Å². The number of nitrogens with one attached hydrogen (secondary N) is 1. The lowest BCUT2D eigenvalue weighted by Gasteiger charge is -2.14. The largest absolute Gasteiger partial charge is 0.311 e.